The molecule has 100 valence electrons. The van der Waals surface area contributed by atoms with Gasteiger partial charge in [0.1, 0.15) is 0 Å². The average molecular weight is 330 g/mol. The summed E-state index contributed by atoms with van der Waals surface area (Å²) in [6, 6.07) is 4.25. The molecule has 0 spiro atoms. The van der Waals surface area contributed by atoms with E-state index in [0.29, 0.717) is 0 Å². The predicted molar refractivity (Wildman–Crippen MR) is 82.2 cm³/mol. The Labute approximate surface area is 121 Å². The lowest BCUT2D eigenvalue weighted by molar-refractivity contribution is 0.478. The van der Waals surface area contributed by atoms with Crippen LogP contribution in [-0.2, 0) is 6.54 Å². The van der Waals surface area contributed by atoms with Gasteiger partial charge in [-0.1, -0.05) is 12.8 Å². The van der Waals surface area contributed by atoms with Gasteiger partial charge in [0, 0.05) is 25.5 Å². The van der Waals surface area contributed by atoms with E-state index in [1.165, 1.54) is 27.9 Å². The number of nitrogens with zero attached hydrogens (tertiary/aromatic N) is 2. The lowest BCUT2D eigenvalue weighted by atomic mass is 10.3. The first-order chi connectivity index (χ1) is 8.69. The highest BCUT2D eigenvalue weighted by atomic mass is 79.9. The van der Waals surface area contributed by atoms with E-state index in [0.717, 1.165) is 25.0 Å². The van der Waals surface area contributed by atoms with Crippen molar-refractivity contribution in [1.29, 1.82) is 0 Å². The van der Waals surface area contributed by atoms with Crippen LogP contribution < -0.4 is 5.32 Å². The molecule has 1 aliphatic rings. The molecule has 0 amide bonds. The van der Waals surface area contributed by atoms with Gasteiger partial charge in [-0.15, -0.1) is 11.3 Å². The van der Waals surface area contributed by atoms with E-state index in [1.807, 2.05) is 7.05 Å². The highest BCUT2D eigenvalue weighted by molar-refractivity contribution is 9.11. The van der Waals surface area contributed by atoms with Crippen LogP contribution in [0.2, 0.25) is 0 Å². The summed E-state index contributed by atoms with van der Waals surface area (Å²) in [6.07, 6.45) is 4.11. The molecule has 1 N–H and O–H groups in total. The molecule has 1 heterocycles. The van der Waals surface area contributed by atoms with Gasteiger partial charge in [-0.05, 0) is 40.4 Å². The number of thiophene rings is 1. The molecule has 0 atom stereocenters. The maximum Gasteiger partial charge on any atom is 0.193 e. The van der Waals surface area contributed by atoms with Gasteiger partial charge in [-0.3, -0.25) is 4.99 Å². The molecule has 1 aromatic rings. The Hall–Kier alpha value is -0.550. The number of rotatable bonds is 5. The number of hydrogen-bond acceptors (Lipinski definition) is 2. The van der Waals surface area contributed by atoms with Crippen LogP contribution in [0, 0.1) is 5.92 Å². The highest BCUT2D eigenvalue weighted by Crippen LogP contribution is 2.31. The van der Waals surface area contributed by atoms with Crippen LogP contribution in [-0.4, -0.2) is 31.5 Å². The van der Waals surface area contributed by atoms with Gasteiger partial charge in [0.05, 0.1) is 10.3 Å². The van der Waals surface area contributed by atoms with Crippen molar-refractivity contribution >= 4 is 33.2 Å². The smallest absolute Gasteiger partial charge is 0.193 e. The Morgan fingerprint density at radius 3 is 2.89 bits per heavy atom. The Kier molecular flexibility index (Phi) is 5.06. The van der Waals surface area contributed by atoms with Gasteiger partial charge >= 0.3 is 0 Å². The SMILES string of the molecule is CN=C(NCCC1CC1)N(C)Cc1ccc(Br)s1. The first-order valence-electron chi connectivity index (χ1n) is 6.35. The summed E-state index contributed by atoms with van der Waals surface area (Å²) in [4.78, 5) is 7.85. The van der Waals surface area contributed by atoms with Crippen molar-refractivity contribution in [2.45, 2.75) is 25.8 Å². The molecule has 1 aromatic heterocycles. The molecule has 0 bridgehead atoms. The van der Waals surface area contributed by atoms with E-state index < -0.39 is 0 Å². The topological polar surface area (TPSA) is 27.6 Å². The molecule has 0 saturated heterocycles. The van der Waals surface area contributed by atoms with E-state index in [1.54, 1.807) is 11.3 Å². The molecular formula is C13H20BrN3S. The van der Waals surface area contributed by atoms with Crippen molar-refractivity contribution in [3.63, 3.8) is 0 Å². The largest absolute Gasteiger partial charge is 0.356 e. The fourth-order valence-electron chi connectivity index (χ4n) is 1.92. The van der Waals surface area contributed by atoms with Crippen LogP contribution >= 0.6 is 27.3 Å². The van der Waals surface area contributed by atoms with E-state index >= 15 is 0 Å². The van der Waals surface area contributed by atoms with Crippen molar-refractivity contribution in [3.8, 4) is 0 Å². The standard InChI is InChI=1S/C13H20BrN3S/c1-15-13(16-8-7-10-3-4-10)17(2)9-11-5-6-12(14)18-11/h5-6,10H,3-4,7-9H2,1-2H3,(H,15,16). The molecular weight excluding hydrogens is 310 g/mol. The van der Waals surface area contributed by atoms with E-state index in [4.69, 9.17) is 0 Å². The molecule has 0 aromatic carbocycles. The van der Waals surface area contributed by atoms with Crippen molar-refractivity contribution in [3.05, 3.63) is 20.8 Å². The van der Waals surface area contributed by atoms with Crippen molar-refractivity contribution in [1.82, 2.24) is 10.2 Å². The molecule has 3 nitrogen and oxygen atoms in total. The zero-order valence-electron chi connectivity index (χ0n) is 10.9. The van der Waals surface area contributed by atoms with Crippen LogP contribution in [0.1, 0.15) is 24.1 Å². The fourth-order valence-corrected chi connectivity index (χ4v) is 3.46. The van der Waals surface area contributed by atoms with Crippen molar-refractivity contribution in [2.24, 2.45) is 10.9 Å². The first-order valence-corrected chi connectivity index (χ1v) is 7.96. The lowest BCUT2D eigenvalue weighted by Gasteiger charge is -2.21. The Morgan fingerprint density at radius 1 is 1.56 bits per heavy atom. The van der Waals surface area contributed by atoms with Gasteiger partial charge in [-0.2, -0.15) is 0 Å². The Balaban J connectivity index is 1.78. The number of nitrogens with one attached hydrogen (secondary N) is 1. The van der Waals surface area contributed by atoms with E-state index in [2.05, 4.69) is 50.3 Å². The molecule has 18 heavy (non-hydrogen) atoms. The quantitative estimate of drug-likeness (QED) is 0.662. The van der Waals surface area contributed by atoms with Crippen LogP contribution in [0.3, 0.4) is 0 Å². The fraction of sp³-hybridized carbons (Fsp3) is 0.615. The van der Waals surface area contributed by atoms with Crippen LogP contribution in [0.25, 0.3) is 0 Å². The second-order valence-electron chi connectivity index (χ2n) is 4.77. The molecule has 1 aliphatic carbocycles. The minimum atomic E-state index is 0.902. The Bertz CT molecular complexity index is 412. The zero-order valence-corrected chi connectivity index (χ0v) is 13.4. The third-order valence-corrected chi connectivity index (χ3v) is 4.74. The number of halogens is 1. The van der Waals surface area contributed by atoms with Crippen LogP contribution in [0.4, 0.5) is 0 Å². The van der Waals surface area contributed by atoms with Gasteiger partial charge in [-0.25, -0.2) is 0 Å². The molecule has 2 rings (SSSR count). The van der Waals surface area contributed by atoms with Crippen LogP contribution in [0.5, 0.6) is 0 Å². The molecule has 1 saturated carbocycles. The number of guanidine groups is 1. The van der Waals surface area contributed by atoms with Gasteiger partial charge < -0.3 is 10.2 Å². The summed E-state index contributed by atoms with van der Waals surface area (Å²) in [5, 5.41) is 3.44. The maximum absolute atomic E-state index is 4.33. The number of aliphatic imine (C=N–C) groups is 1. The zero-order chi connectivity index (χ0) is 13.0. The maximum atomic E-state index is 4.33. The van der Waals surface area contributed by atoms with Gasteiger partial charge in [0.2, 0.25) is 0 Å². The first kappa shape index (κ1) is 13.9. The summed E-state index contributed by atoms with van der Waals surface area (Å²) < 4.78 is 1.18. The lowest BCUT2D eigenvalue weighted by Crippen LogP contribution is -2.38. The summed E-state index contributed by atoms with van der Waals surface area (Å²) in [6.45, 7) is 1.94. The van der Waals surface area contributed by atoms with Crippen LogP contribution in [0.15, 0.2) is 20.9 Å². The highest BCUT2D eigenvalue weighted by Gasteiger charge is 2.20. The summed E-state index contributed by atoms with van der Waals surface area (Å²) >= 11 is 5.27. The normalized spacial score (nSPS) is 15.8. The molecule has 0 radical (unpaired) electrons. The van der Waals surface area contributed by atoms with E-state index in [9.17, 15) is 0 Å². The second kappa shape index (κ2) is 6.57. The van der Waals surface area contributed by atoms with Gasteiger partial charge in [0.25, 0.3) is 0 Å². The number of hydrogen-bond donors (Lipinski definition) is 1. The summed E-state index contributed by atoms with van der Waals surface area (Å²) in [5.41, 5.74) is 0. The average Bonchev–Trinajstić information content (AvgIpc) is 3.08. The molecule has 1 fully saturated rings. The predicted octanol–water partition coefficient (Wildman–Crippen LogP) is 3.32. The minimum absolute atomic E-state index is 0.902. The molecule has 0 unspecified atom stereocenters. The van der Waals surface area contributed by atoms with Crippen molar-refractivity contribution < 1.29 is 0 Å². The monoisotopic (exact) mass is 329 g/mol. The summed E-state index contributed by atoms with van der Waals surface area (Å²) in [5.74, 6) is 1.95. The second-order valence-corrected chi connectivity index (χ2v) is 7.32. The third kappa shape index (κ3) is 4.28. The van der Waals surface area contributed by atoms with Gasteiger partial charge in [0.15, 0.2) is 5.96 Å². The molecule has 5 heteroatoms. The summed E-state index contributed by atoms with van der Waals surface area (Å²) in [7, 11) is 3.93. The third-order valence-electron chi connectivity index (χ3n) is 3.13. The Morgan fingerprint density at radius 2 is 2.33 bits per heavy atom. The molecule has 0 aliphatic heterocycles. The minimum Gasteiger partial charge on any atom is -0.356 e. The van der Waals surface area contributed by atoms with Crippen molar-refractivity contribution in [2.75, 3.05) is 20.6 Å². The van der Waals surface area contributed by atoms with E-state index in [-0.39, 0.29) is 0 Å².